The molecular weight excluding hydrogens is 220 g/mol. The zero-order valence-corrected chi connectivity index (χ0v) is 9.24. The molecule has 0 bridgehead atoms. The molecule has 0 spiro atoms. The number of nitrogens with one attached hydrogen (secondary N) is 1. The molecule has 1 aromatic rings. The molecule has 1 aliphatic rings. The zero-order valence-electron chi connectivity index (χ0n) is 9.24. The van der Waals surface area contributed by atoms with E-state index in [0.717, 1.165) is 5.56 Å². The molecule has 3 N–H and O–H groups in total. The summed E-state index contributed by atoms with van der Waals surface area (Å²) in [5, 5.41) is 20.7. The van der Waals surface area contributed by atoms with Gasteiger partial charge in [0.2, 0.25) is 0 Å². The minimum atomic E-state index is 0.281. The van der Waals surface area contributed by atoms with Gasteiger partial charge in [0.15, 0.2) is 5.84 Å². The van der Waals surface area contributed by atoms with Crippen molar-refractivity contribution < 1.29 is 10.4 Å². The van der Waals surface area contributed by atoms with Crippen LogP contribution in [-0.4, -0.2) is 40.1 Å². The summed E-state index contributed by atoms with van der Waals surface area (Å²) < 4.78 is 0. The van der Waals surface area contributed by atoms with Crippen LogP contribution in [0.5, 0.6) is 0 Å². The van der Waals surface area contributed by atoms with Crippen LogP contribution in [0, 0.1) is 0 Å². The summed E-state index contributed by atoms with van der Waals surface area (Å²) >= 11 is 0. The van der Waals surface area contributed by atoms with E-state index >= 15 is 0 Å². The molecule has 0 aliphatic carbocycles. The zero-order chi connectivity index (χ0) is 12.1. The second kappa shape index (κ2) is 5.42. The van der Waals surface area contributed by atoms with Crippen molar-refractivity contribution in [1.29, 1.82) is 0 Å². The minimum absolute atomic E-state index is 0.281. The number of oxime groups is 1. The van der Waals surface area contributed by atoms with Crippen LogP contribution in [0.1, 0.15) is 5.56 Å². The molecular formula is C11H14N4O2. The Bertz CT molecular complexity index is 430. The lowest BCUT2D eigenvalue weighted by molar-refractivity contribution is 0.221. The van der Waals surface area contributed by atoms with Crippen molar-refractivity contribution in [3.05, 3.63) is 35.9 Å². The maximum atomic E-state index is 8.84. The van der Waals surface area contributed by atoms with Gasteiger partial charge in [-0.05, 0) is 5.56 Å². The van der Waals surface area contributed by atoms with Crippen molar-refractivity contribution >= 4 is 11.7 Å². The maximum absolute atomic E-state index is 8.84. The number of nitrogens with zero attached hydrogens (tertiary/aromatic N) is 3. The average molecular weight is 234 g/mol. The van der Waals surface area contributed by atoms with Crippen LogP contribution >= 0.6 is 0 Å². The third-order valence-corrected chi connectivity index (χ3v) is 2.50. The molecule has 1 aliphatic heterocycles. The second-order valence-corrected chi connectivity index (χ2v) is 3.82. The Morgan fingerprint density at radius 1 is 1.29 bits per heavy atom. The van der Waals surface area contributed by atoms with E-state index in [0.29, 0.717) is 25.5 Å². The van der Waals surface area contributed by atoms with E-state index in [9.17, 15) is 0 Å². The van der Waals surface area contributed by atoms with E-state index in [4.69, 9.17) is 10.4 Å². The highest BCUT2D eigenvalue weighted by atomic mass is 16.5. The summed E-state index contributed by atoms with van der Waals surface area (Å²) in [6, 6.07) is 9.95. The topological polar surface area (TPSA) is 80.5 Å². The first-order valence-corrected chi connectivity index (χ1v) is 5.26. The molecule has 0 radical (unpaired) electrons. The highest BCUT2D eigenvalue weighted by Crippen LogP contribution is 2.07. The molecule has 0 fully saturated rings. The first-order chi connectivity index (χ1) is 8.31. The molecule has 0 atom stereocenters. The number of hydrogen-bond acceptors (Lipinski definition) is 5. The lowest BCUT2D eigenvalue weighted by Gasteiger charge is -2.25. The van der Waals surface area contributed by atoms with E-state index in [2.05, 4.69) is 10.1 Å². The van der Waals surface area contributed by atoms with E-state index in [1.54, 1.807) is 0 Å². The van der Waals surface area contributed by atoms with Crippen LogP contribution in [0.15, 0.2) is 40.5 Å². The van der Waals surface area contributed by atoms with Crippen LogP contribution in [-0.2, 0) is 6.54 Å². The van der Waals surface area contributed by atoms with Gasteiger partial charge >= 0.3 is 0 Å². The van der Waals surface area contributed by atoms with Crippen LogP contribution in [0.25, 0.3) is 0 Å². The fourth-order valence-electron chi connectivity index (χ4n) is 1.76. The van der Waals surface area contributed by atoms with Gasteiger partial charge in [-0.3, -0.25) is 15.6 Å². The van der Waals surface area contributed by atoms with Crippen molar-refractivity contribution in [3.63, 3.8) is 0 Å². The molecule has 0 saturated heterocycles. The lowest BCUT2D eigenvalue weighted by atomic mass is 10.2. The largest absolute Gasteiger partial charge is 0.409 e. The smallest absolute Gasteiger partial charge is 0.183 e. The van der Waals surface area contributed by atoms with E-state index < -0.39 is 0 Å². The Balaban J connectivity index is 2.06. The summed E-state index contributed by atoms with van der Waals surface area (Å²) in [6.07, 6.45) is 0. The van der Waals surface area contributed by atoms with Gasteiger partial charge in [-0.2, -0.15) is 0 Å². The quantitative estimate of drug-likeness (QED) is 0.519. The Morgan fingerprint density at radius 3 is 2.71 bits per heavy atom. The van der Waals surface area contributed by atoms with Crippen LogP contribution in [0.4, 0.5) is 0 Å². The van der Waals surface area contributed by atoms with Gasteiger partial charge in [0.25, 0.3) is 0 Å². The lowest BCUT2D eigenvalue weighted by Crippen LogP contribution is -2.43. The van der Waals surface area contributed by atoms with Crippen LogP contribution in [0.3, 0.4) is 0 Å². The molecule has 0 saturated carbocycles. The van der Waals surface area contributed by atoms with Gasteiger partial charge in [-0.25, -0.2) is 4.99 Å². The monoisotopic (exact) mass is 234 g/mol. The molecule has 0 aromatic heterocycles. The van der Waals surface area contributed by atoms with Gasteiger partial charge in [0.05, 0.1) is 13.1 Å². The highest BCUT2D eigenvalue weighted by Gasteiger charge is 2.18. The fourth-order valence-corrected chi connectivity index (χ4v) is 1.76. The second-order valence-electron chi connectivity index (χ2n) is 3.82. The van der Waals surface area contributed by atoms with Crippen LogP contribution < -0.4 is 5.48 Å². The summed E-state index contributed by atoms with van der Waals surface area (Å²) in [5.74, 6) is 0.656. The predicted molar refractivity (Wildman–Crippen MR) is 63.3 cm³/mol. The van der Waals surface area contributed by atoms with Crippen molar-refractivity contribution in [1.82, 2.24) is 10.4 Å². The Hall–Kier alpha value is -1.92. The summed E-state index contributed by atoms with van der Waals surface area (Å²) in [4.78, 5) is 5.93. The Labute approximate surface area is 98.8 Å². The first-order valence-electron chi connectivity index (χ1n) is 5.26. The van der Waals surface area contributed by atoms with Gasteiger partial charge in [0.1, 0.15) is 5.84 Å². The Kier molecular flexibility index (Phi) is 3.69. The van der Waals surface area contributed by atoms with Crippen molar-refractivity contribution in [2.24, 2.45) is 10.1 Å². The molecule has 2 rings (SSSR count). The standard InChI is InChI=1S/C11H14N4O2/c16-13-10-7-15(8-11(12-10)14-17)6-9-4-2-1-3-5-9/h1-5,16-17H,6-8H2,(H,12,13,14). The maximum Gasteiger partial charge on any atom is 0.183 e. The highest BCUT2D eigenvalue weighted by molar-refractivity contribution is 6.00. The van der Waals surface area contributed by atoms with E-state index in [-0.39, 0.29) is 5.84 Å². The van der Waals surface area contributed by atoms with Crippen LogP contribution in [0.2, 0.25) is 0 Å². The SMILES string of the molecule is O/N=C1/CN(Cc2ccccc2)CC(NO)=N1. The third-order valence-electron chi connectivity index (χ3n) is 2.50. The molecule has 1 aromatic carbocycles. The molecule has 90 valence electrons. The van der Waals surface area contributed by atoms with Gasteiger partial charge in [-0.15, -0.1) is 0 Å². The number of benzene rings is 1. The third kappa shape index (κ3) is 3.02. The van der Waals surface area contributed by atoms with Gasteiger partial charge < -0.3 is 5.21 Å². The van der Waals surface area contributed by atoms with Gasteiger partial charge in [-0.1, -0.05) is 35.5 Å². The van der Waals surface area contributed by atoms with Crippen molar-refractivity contribution in [2.45, 2.75) is 6.54 Å². The number of aliphatic imine (C=N–C) groups is 1. The van der Waals surface area contributed by atoms with Crippen molar-refractivity contribution in [2.75, 3.05) is 13.1 Å². The number of rotatable bonds is 2. The number of hydrogen-bond donors (Lipinski definition) is 3. The summed E-state index contributed by atoms with van der Waals surface area (Å²) in [7, 11) is 0. The summed E-state index contributed by atoms with van der Waals surface area (Å²) in [6.45, 7) is 1.65. The number of hydroxylamine groups is 1. The minimum Gasteiger partial charge on any atom is -0.409 e. The molecule has 1 heterocycles. The van der Waals surface area contributed by atoms with E-state index in [1.807, 2.05) is 40.7 Å². The molecule has 0 amide bonds. The summed E-state index contributed by atoms with van der Waals surface area (Å²) in [5.41, 5.74) is 3.16. The first kappa shape index (κ1) is 11.6. The fraction of sp³-hybridized carbons (Fsp3) is 0.273. The molecule has 6 nitrogen and oxygen atoms in total. The Morgan fingerprint density at radius 2 is 2.06 bits per heavy atom. The van der Waals surface area contributed by atoms with E-state index in [1.165, 1.54) is 0 Å². The predicted octanol–water partition coefficient (Wildman–Crippen LogP) is 0.667. The molecule has 17 heavy (non-hydrogen) atoms. The molecule has 0 unspecified atom stereocenters. The van der Waals surface area contributed by atoms with Gasteiger partial charge in [0, 0.05) is 6.54 Å². The number of amidine groups is 2. The van der Waals surface area contributed by atoms with Crippen molar-refractivity contribution in [3.8, 4) is 0 Å². The normalized spacial score (nSPS) is 19.1. The molecule has 6 heteroatoms. The average Bonchev–Trinajstić information content (AvgIpc) is 2.39.